The van der Waals surface area contributed by atoms with E-state index in [1.54, 1.807) is 48.5 Å². The van der Waals surface area contributed by atoms with Gasteiger partial charge in [0.15, 0.2) is 88.9 Å². The molecule has 1 aromatic heterocycles. The van der Waals surface area contributed by atoms with E-state index in [0.29, 0.717) is 51.9 Å². The van der Waals surface area contributed by atoms with E-state index < -0.39 is 223 Å². The van der Waals surface area contributed by atoms with Gasteiger partial charge in [-0.2, -0.15) is 145 Å². The Kier molecular flexibility index (Phi) is 28.8. The molecule has 59 heteroatoms. The van der Waals surface area contributed by atoms with Crippen LogP contribution in [0.15, 0.2) is 230 Å². The fourth-order valence-electron chi connectivity index (χ4n) is 11.6. The first-order valence-electron chi connectivity index (χ1n) is 35.2. The van der Waals surface area contributed by atoms with Gasteiger partial charge in [-0.1, -0.05) is 48.5 Å². The molecule has 0 amide bonds. The molecule has 12 rings (SSSR count). The monoisotopic (exact) mass is 2080 g/mol. The smallest absolute Gasteiger partial charge is 0.432 e. The maximum Gasteiger partial charge on any atom is 0.432 e. The summed E-state index contributed by atoms with van der Waals surface area (Å²) in [4.78, 5) is 1.87. The molecule has 5 unspecified atom stereocenters. The van der Waals surface area contributed by atoms with Crippen molar-refractivity contribution in [3.8, 4) is 62.4 Å². The summed E-state index contributed by atoms with van der Waals surface area (Å²) in [6.45, 7) is -7.23. The van der Waals surface area contributed by atoms with Gasteiger partial charge in [-0.3, -0.25) is 0 Å². The topological polar surface area (TPSA) is 306 Å². The number of rotatable bonds is 24. The van der Waals surface area contributed by atoms with Gasteiger partial charge in [0, 0.05) is 52.3 Å². The SMILES string of the molecule is O=S(=O)([O-])C(F)(F)C(Oc1ccc(-[s+]2c3ccccc3c3cc(OCC(O)(C(F)(F)F)C(F)(F)F)ccc32)cc1)C(F)(F)F.O=S(=O)([O-])C(F)(F)C(Oc1ccc([S+]2c3ccccc3Oc3cc(OCC(O)(C(F)(F)F)C(F)(F)F)ccc32)cc1)C(F)(F)F.O=S(=O)([O-])C(F)(F)C(Oc1ccc([S+]2c3ccccc3Oc3ccccc32)cc1OCC(O)(C(F)(F)F)C(F)(F)F)C(F)(F)F. The molecule has 0 fully saturated rings. The predicted octanol–water partition coefficient (Wildman–Crippen LogP) is 20.6. The first-order valence-corrected chi connectivity index (χ1v) is 43.1. The van der Waals surface area contributed by atoms with Gasteiger partial charge in [-0.25, -0.2) is 25.3 Å². The molecule has 20 nitrogen and oxygen atoms in total. The summed E-state index contributed by atoms with van der Waals surface area (Å²) in [7, 11) is -24.4. The summed E-state index contributed by atoms with van der Waals surface area (Å²) < 4.78 is 577. The van der Waals surface area contributed by atoms with Crippen LogP contribution in [0.1, 0.15) is 0 Å². The quantitative estimate of drug-likeness (QED) is 0.0287. The fourth-order valence-corrected chi connectivity index (χ4v) is 19.7. The largest absolute Gasteiger partial charge is 0.743 e. The van der Waals surface area contributed by atoms with Gasteiger partial charge < -0.3 is 66.9 Å². The number of para-hydroxylation sites is 3. The number of fused-ring (bicyclic) bond motifs is 7. The molecular formula is C75H45F33O20S6. The third-order valence-electron chi connectivity index (χ3n) is 18.3. The zero-order chi connectivity index (χ0) is 101. The minimum Gasteiger partial charge on any atom is -0.743 e. The first-order chi connectivity index (χ1) is 60.9. The molecule has 9 aromatic carbocycles. The van der Waals surface area contributed by atoms with E-state index in [1.807, 2.05) is 0 Å². The Bertz CT molecular complexity index is 6220. The highest BCUT2D eigenvalue weighted by Gasteiger charge is 2.74. The summed E-state index contributed by atoms with van der Waals surface area (Å²) in [6.07, 6.45) is -69.2. The lowest BCUT2D eigenvalue weighted by molar-refractivity contribution is -0.374. The zero-order valence-corrected chi connectivity index (χ0v) is 69.0. The molecule has 134 heavy (non-hydrogen) atoms. The van der Waals surface area contributed by atoms with Gasteiger partial charge in [-0.15, -0.1) is 0 Å². The molecule has 0 bridgehead atoms. The molecule has 3 N–H and O–H groups in total. The van der Waals surface area contributed by atoms with Crippen LogP contribution in [0.5, 0.6) is 57.5 Å². The number of alkyl halides is 33. The Hall–Kier alpha value is -10.4. The van der Waals surface area contributed by atoms with Crippen LogP contribution in [-0.4, -0.2) is 181 Å². The van der Waals surface area contributed by atoms with E-state index in [2.05, 4.69) is 23.7 Å². The summed E-state index contributed by atoms with van der Waals surface area (Å²) in [5, 5.41) is 11.0. The van der Waals surface area contributed by atoms with Gasteiger partial charge >= 0.3 is 71.4 Å². The number of aliphatic hydroxyl groups is 3. The Morgan fingerprint density at radius 2 is 0.590 bits per heavy atom. The summed E-state index contributed by atoms with van der Waals surface area (Å²) in [6, 6.07) is 40.6. The summed E-state index contributed by atoms with van der Waals surface area (Å²) >= 11 is 0. The van der Waals surface area contributed by atoms with Crippen LogP contribution >= 0.6 is 10.5 Å². The van der Waals surface area contributed by atoms with Crippen molar-refractivity contribution in [1.29, 1.82) is 0 Å². The molecule has 732 valence electrons. The maximum atomic E-state index is 14.2. The summed E-state index contributed by atoms with van der Waals surface area (Å²) in [5.74, 6) is -5.48. The van der Waals surface area contributed by atoms with Crippen LogP contribution in [0.25, 0.3) is 25.1 Å². The number of benzene rings is 9. The van der Waals surface area contributed by atoms with Crippen LogP contribution in [-0.2, 0) is 52.1 Å². The van der Waals surface area contributed by atoms with E-state index in [0.717, 1.165) is 78.9 Å². The summed E-state index contributed by atoms with van der Waals surface area (Å²) in [5.41, 5.74) is -16.0. The van der Waals surface area contributed by atoms with Crippen molar-refractivity contribution in [3.63, 3.8) is 0 Å². The highest BCUT2D eigenvalue weighted by atomic mass is 32.2. The lowest BCUT2D eigenvalue weighted by Crippen LogP contribution is -2.60. The molecule has 10 aromatic rings. The normalized spacial score (nSPS) is 15.8. The highest BCUT2D eigenvalue weighted by Crippen LogP contribution is 2.56. The molecule has 2 aliphatic rings. The third kappa shape index (κ3) is 21.4. The van der Waals surface area contributed by atoms with Crippen molar-refractivity contribution in [3.05, 3.63) is 200 Å². The predicted molar refractivity (Wildman–Crippen MR) is 391 cm³/mol. The van der Waals surface area contributed by atoms with Crippen molar-refractivity contribution in [1.82, 2.24) is 0 Å². The number of hydrogen-bond acceptors (Lipinski definition) is 20. The number of halogens is 33. The Balaban J connectivity index is 0.000000208. The van der Waals surface area contributed by atoms with Crippen LogP contribution < -0.4 is 37.9 Å². The van der Waals surface area contributed by atoms with Crippen LogP contribution in [0.2, 0.25) is 0 Å². The van der Waals surface area contributed by atoms with E-state index >= 15 is 0 Å². The lowest BCUT2D eigenvalue weighted by atomic mass is 10.0. The van der Waals surface area contributed by atoms with Gasteiger partial charge in [0.25, 0.3) is 35.1 Å². The average molecular weight is 2090 g/mol. The van der Waals surface area contributed by atoms with Gasteiger partial charge in [0.2, 0.25) is 19.6 Å². The first kappa shape index (κ1) is 106. The molecule has 0 aliphatic carbocycles. The Morgan fingerprint density at radius 3 is 0.970 bits per heavy atom. The van der Waals surface area contributed by atoms with Crippen molar-refractivity contribution in [2.75, 3.05) is 19.8 Å². The molecule has 0 saturated carbocycles. The zero-order valence-electron chi connectivity index (χ0n) is 64.1. The minimum atomic E-state index is -7.10. The third-order valence-corrected chi connectivity index (χ3v) is 27.9. The van der Waals surface area contributed by atoms with E-state index in [4.69, 9.17) is 14.2 Å². The standard InChI is InChI=1S/2C25H15F11O7S2.C25H15F11O6S2/c26-22(27,28)20(23(29,30)45(38,39)40)43-14-10-9-13(11-17(14)41-12-21(37,24(31,32)33)25(34,35)36)44-18-7-3-1-5-15(18)42-16-6-2-4-8-19(16)44;26-22(27,28)20(23(29,30)45(38,39)40)42-13-5-8-15(9-6-13)44-18-4-2-1-3-16(18)43-17-11-14(7-10-19(17)44)41-12-21(37,24(31,32)33)25(34,35)36;26-22(27,28)20(23(29,30)44(38,39)40)42-13-5-8-15(9-6-13)43-18-4-2-1-3-16(18)17-11-14(7-10-19(17)43)41-12-21(37,24(31,32)33)25(34,35)36/h2*1-11,20,37H,12H2;1-11,20,37H,12H2. The molecule has 0 saturated heterocycles. The second-order valence-electron chi connectivity index (χ2n) is 27.4. The molecule has 3 heterocycles. The Morgan fingerprint density at radius 1 is 0.291 bits per heavy atom. The van der Waals surface area contributed by atoms with Crippen molar-refractivity contribution >= 4 is 82.8 Å². The lowest BCUT2D eigenvalue weighted by Gasteiger charge is -2.33. The van der Waals surface area contributed by atoms with Crippen LogP contribution in [0, 0.1) is 0 Å². The molecular weight excluding hydrogens is 2040 g/mol. The second-order valence-corrected chi connectivity index (χ2v) is 37.6. The number of ether oxygens (including phenoxy) is 8. The van der Waals surface area contributed by atoms with Crippen molar-refractivity contribution in [2.24, 2.45) is 0 Å². The molecule has 2 aliphatic heterocycles. The fraction of sp³-hybridized carbons (Fsp3) is 0.280. The highest BCUT2D eigenvalue weighted by molar-refractivity contribution is 7.97. The molecule has 0 spiro atoms. The molecule has 0 radical (unpaired) electrons. The van der Waals surface area contributed by atoms with Crippen molar-refractivity contribution < 1.29 is 237 Å². The molecule has 5 atom stereocenters. The van der Waals surface area contributed by atoms with Gasteiger partial charge in [0.1, 0.15) is 64.6 Å². The Labute approximate surface area is 734 Å². The van der Waals surface area contributed by atoms with E-state index in [-0.39, 0.29) is 37.7 Å². The second kappa shape index (κ2) is 36.6. The van der Waals surface area contributed by atoms with Gasteiger partial charge in [0.05, 0.1) is 5.39 Å². The van der Waals surface area contributed by atoms with Crippen LogP contribution in [0.3, 0.4) is 0 Å². The van der Waals surface area contributed by atoms with Gasteiger partial charge in [-0.05, 0) is 115 Å². The van der Waals surface area contributed by atoms with E-state index in [1.165, 1.54) is 60.7 Å². The number of thiophene rings is 1. The van der Waals surface area contributed by atoms with Crippen molar-refractivity contribution in [2.45, 2.75) is 136 Å². The average Bonchev–Trinajstić information content (AvgIpc) is 1.35. The van der Waals surface area contributed by atoms with E-state index in [9.17, 15) is 199 Å². The number of hydrogen-bond donors (Lipinski definition) is 3. The van der Waals surface area contributed by atoms with Crippen LogP contribution in [0.4, 0.5) is 145 Å². The maximum absolute atomic E-state index is 14.2. The minimum absolute atomic E-state index is 0.102.